The first-order valence-corrected chi connectivity index (χ1v) is 10.5. The minimum absolute atomic E-state index is 0.0257. The number of halogens is 1. The Hall–Kier alpha value is -3.32. The molecular weight excluding hydrogens is 416 g/mol. The fraction of sp³-hybridized carbons (Fsp3) is 0.261. The van der Waals surface area contributed by atoms with E-state index in [1.807, 2.05) is 50.2 Å². The van der Waals surface area contributed by atoms with Gasteiger partial charge in [-0.3, -0.25) is 4.79 Å². The smallest absolute Gasteiger partial charge is 0.311 e. The summed E-state index contributed by atoms with van der Waals surface area (Å²) < 4.78 is 11.6. The summed E-state index contributed by atoms with van der Waals surface area (Å²) in [6.45, 7) is 6.50. The van der Waals surface area contributed by atoms with Crippen LogP contribution in [0.1, 0.15) is 21.8 Å². The topological polar surface area (TPSA) is 75.6 Å². The van der Waals surface area contributed by atoms with E-state index in [-0.39, 0.29) is 17.7 Å². The molecule has 158 valence electrons. The molecule has 0 N–H and O–H groups in total. The minimum Gasteiger partial charge on any atom is -0.451 e. The van der Waals surface area contributed by atoms with Crippen LogP contribution in [0.2, 0.25) is 5.02 Å². The van der Waals surface area contributed by atoms with Gasteiger partial charge in [0.05, 0.1) is 0 Å². The third-order valence-corrected chi connectivity index (χ3v) is 5.87. The van der Waals surface area contributed by atoms with Gasteiger partial charge in [-0.15, -0.1) is 10.2 Å². The molecule has 31 heavy (non-hydrogen) atoms. The molecule has 2 aromatic carbocycles. The molecule has 3 heterocycles. The lowest BCUT2D eigenvalue weighted by atomic mass is 10.1. The first-order valence-electron chi connectivity index (χ1n) is 10.1. The van der Waals surface area contributed by atoms with Crippen molar-refractivity contribution in [2.45, 2.75) is 13.8 Å². The highest BCUT2D eigenvalue weighted by molar-refractivity contribution is 6.30. The summed E-state index contributed by atoms with van der Waals surface area (Å²) in [7, 11) is 0. The lowest BCUT2D eigenvalue weighted by Gasteiger charge is -2.35. The highest BCUT2D eigenvalue weighted by Gasteiger charge is 2.27. The summed E-state index contributed by atoms with van der Waals surface area (Å²) >= 11 is 6.09. The maximum absolute atomic E-state index is 12.9. The number of nitrogens with zero attached hydrogens (tertiary/aromatic N) is 4. The number of hydrogen-bond donors (Lipinski definition) is 0. The quantitative estimate of drug-likeness (QED) is 0.462. The maximum Gasteiger partial charge on any atom is 0.311 e. The van der Waals surface area contributed by atoms with Crippen molar-refractivity contribution in [2.24, 2.45) is 0 Å². The second kappa shape index (κ2) is 7.74. The molecule has 0 spiro atoms. The Morgan fingerprint density at radius 2 is 1.81 bits per heavy atom. The van der Waals surface area contributed by atoms with Crippen LogP contribution in [0, 0.1) is 13.8 Å². The van der Waals surface area contributed by atoms with Gasteiger partial charge in [-0.1, -0.05) is 29.3 Å². The third kappa shape index (κ3) is 3.65. The van der Waals surface area contributed by atoms with Gasteiger partial charge in [0.15, 0.2) is 5.76 Å². The molecule has 7 nitrogen and oxygen atoms in total. The predicted molar refractivity (Wildman–Crippen MR) is 119 cm³/mol. The molecule has 0 saturated carbocycles. The SMILES string of the molecule is Cc1ccc2oc(-c3nnc(C(=O)N4CCN(c5cccc(Cl)c5)CC4)o3)c(C)c2c1. The fourth-order valence-corrected chi connectivity index (χ4v) is 4.10. The zero-order chi connectivity index (χ0) is 21.5. The predicted octanol–water partition coefficient (Wildman–Crippen LogP) is 4.72. The van der Waals surface area contributed by atoms with E-state index in [1.165, 1.54) is 0 Å². The van der Waals surface area contributed by atoms with Gasteiger partial charge in [-0.05, 0) is 44.2 Å². The van der Waals surface area contributed by atoms with Crippen LogP contribution in [0.15, 0.2) is 51.3 Å². The Kier molecular flexibility index (Phi) is 4.90. The largest absolute Gasteiger partial charge is 0.451 e. The standard InChI is InChI=1S/C23H21ClN4O3/c1-14-6-7-19-18(12-14)15(2)20(30-19)21-25-26-22(31-21)23(29)28-10-8-27(9-11-28)17-5-3-4-16(24)13-17/h3-7,12-13H,8-11H2,1-2H3. The molecule has 1 fully saturated rings. The van der Waals surface area contributed by atoms with Crippen LogP contribution in [-0.2, 0) is 0 Å². The highest BCUT2D eigenvalue weighted by Crippen LogP contribution is 2.33. The zero-order valence-electron chi connectivity index (χ0n) is 17.3. The second-order valence-corrected chi connectivity index (χ2v) is 8.16. The van der Waals surface area contributed by atoms with Crippen molar-refractivity contribution >= 4 is 34.2 Å². The molecule has 0 atom stereocenters. The van der Waals surface area contributed by atoms with Crippen molar-refractivity contribution in [3.63, 3.8) is 0 Å². The van der Waals surface area contributed by atoms with E-state index in [2.05, 4.69) is 21.2 Å². The van der Waals surface area contributed by atoms with Crippen molar-refractivity contribution in [1.82, 2.24) is 15.1 Å². The van der Waals surface area contributed by atoms with Crippen molar-refractivity contribution in [1.29, 1.82) is 0 Å². The Morgan fingerprint density at radius 3 is 2.58 bits per heavy atom. The molecule has 1 amide bonds. The number of hydrogen-bond acceptors (Lipinski definition) is 6. The molecule has 4 aromatic rings. The van der Waals surface area contributed by atoms with Gasteiger partial charge in [-0.2, -0.15) is 0 Å². The molecule has 0 aliphatic carbocycles. The van der Waals surface area contributed by atoms with Crippen LogP contribution in [0.3, 0.4) is 0 Å². The van der Waals surface area contributed by atoms with Crippen molar-refractivity contribution in [3.8, 4) is 11.7 Å². The molecule has 0 bridgehead atoms. The minimum atomic E-state index is -0.269. The maximum atomic E-state index is 12.9. The van der Waals surface area contributed by atoms with Gasteiger partial charge in [0.2, 0.25) is 0 Å². The number of carbonyl (C=O) groups excluding carboxylic acids is 1. The van der Waals surface area contributed by atoms with E-state index in [9.17, 15) is 4.79 Å². The molecule has 0 radical (unpaired) electrons. The van der Waals surface area contributed by atoms with Crippen LogP contribution < -0.4 is 4.90 Å². The molecule has 8 heteroatoms. The molecule has 1 saturated heterocycles. The van der Waals surface area contributed by atoms with E-state index in [0.717, 1.165) is 27.8 Å². The number of fused-ring (bicyclic) bond motifs is 1. The van der Waals surface area contributed by atoms with Crippen LogP contribution >= 0.6 is 11.6 Å². The van der Waals surface area contributed by atoms with Crippen molar-refractivity contribution < 1.29 is 13.6 Å². The molecular formula is C23H21ClN4O3. The number of anilines is 1. The van der Waals surface area contributed by atoms with Crippen LogP contribution in [0.25, 0.3) is 22.6 Å². The van der Waals surface area contributed by atoms with Crippen molar-refractivity contribution in [3.05, 3.63) is 64.5 Å². The third-order valence-electron chi connectivity index (χ3n) is 5.63. The van der Waals surface area contributed by atoms with Gasteiger partial charge < -0.3 is 18.6 Å². The lowest BCUT2D eigenvalue weighted by molar-refractivity contribution is 0.0707. The molecule has 1 aliphatic rings. The number of aryl methyl sites for hydroxylation is 2. The molecule has 0 unspecified atom stereocenters. The van der Waals surface area contributed by atoms with Crippen molar-refractivity contribution in [2.75, 3.05) is 31.1 Å². The highest BCUT2D eigenvalue weighted by atomic mass is 35.5. The van der Waals surface area contributed by atoms with Gasteiger partial charge in [0, 0.05) is 47.8 Å². The lowest BCUT2D eigenvalue weighted by Crippen LogP contribution is -2.48. The normalized spacial score (nSPS) is 14.4. The number of benzene rings is 2. The Bertz CT molecular complexity index is 1270. The van der Waals surface area contributed by atoms with Crippen LogP contribution in [0.4, 0.5) is 5.69 Å². The number of amides is 1. The summed E-state index contributed by atoms with van der Waals surface area (Å²) in [5.41, 5.74) is 3.86. The van der Waals surface area contributed by atoms with Crippen LogP contribution in [0.5, 0.6) is 0 Å². The Balaban J connectivity index is 1.31. The monoisotopic (exact) mass is 436 g/mol. The van der Waals surface area contributed by atoms with E-state index < -0.39 is 0 Å². The van der Waals surface area contributed by atoms with Gasteiger partial charge >= 0.3 is 11.8 Å². The average molecular weight is 437 g/mol. The second-order valence-electron chi connectivity index (χ2n) is 7.73. The summed E-state index contributed by atoms with van der Waals surface area (Å²) in [4.78, 5) is 16.8. The van der Waals surface area contributed by atoms with E-state index in [1.54, 1.807) is 4.90 Å². The van der Waals surface area contributed by atoms with E-state index in [0.29, 0.717) is 37.0 Å². The number of furan rings is 1. The summed E-state index contributed by atoms with van der Waals surface area (Å²) in [6, 6.07) is 13.7. The van der Waals surface area contributed by atoms with E-state index in [4.69, 9.17) is 20.4 Å². The van der Waals surface area contributed by atoms with E-state index >= 15 is 0 Å². The first kappa shape index (κ1) is 19.6. The Labute approximate surface area is 184 Å². The zero-order valence-corrected chi connectivity index (χ0v) is 18.0. The van der Waals surface area contributed by atoms with Gasteiger partial charge in [0.1, 0.15) is 5.58 Å². The first-order chi connectivity index (χ1) is 15.0. The summed E-state index contributed by atoms with van der Waals surface area (Å²) in [5.74, 6) is 0.418. The van der Waals surface area contributed by atoms with Gasteiger partial charge in [0.25, 0.3) is 5.89 Å². The summed E-state index contributed by atoms with van der Waals surface area (Å²) in [6.07, 6.45) is 0. The number of aromatic nitrogens is 2. The number of piperazine rings is 1. The molecule has 5 rings (SSSR count). The fourth-order valence-electron chi connectivity index (χ4n) is 3.92. The molecule has 1 aliphatic heterocycles. The van der Waals surface area contributed by atoms with Crippen LogP contribution in [-0.4, -0.2) is 47.2 Å². The Morgan fingerprint density at radius 1 is 1.00 bits per heavy atom. The summed E-state index contributed by atoms with van der Waals surface area (Å²) in [5, 5.41) is 9.75. The average Bonchev–Trinajstić information content (AvgIpc) is 3.38. The number of carbonyl (C=O) groups is 1. The number of rotatable bonds is 3. The molecule has 2 aromatic heterocycles. The van der Waals surface area contributed by atoms with Gasteiger partial charge in [-0.25, -0.2) is 0 Å².